The van der Waals surface area contributed by atoms with Gasteiger partial charge >= 0.3 is 0 Å². The predicted molar refractivity (Wildman–Crippen MR) is 92.0 cm³/mol. The standard InChI is InChI=1S/C15H22FN3O3S.ClH/c1-11(15(20)18-10-12-5-4-8-17-9-12)19-23(21,22)14-7-3-2-6-13(14)16;/h2-3,6-7,11-12,17,19H,4-5,8-10H2,1H3,(H,18,20);1H. The summed E-state index contributed by atoms with van der Waals surface area (Å²) in [5, 5.41) is 5.99. The van der Waals surface area contributed by atoms with Crippen molar-refractivity contribution in [2.24, 2.45) is 5.92 Å². The molecule has 136 valence electrons. The van der Waals surface area contributed by atoms with Gasteiger partial charge in [-0.25, -0.2) is 12.8 Å². The highest BCUT2D eigenvalue weighted by Gasteiger charge is 2.25. The van der Waals surface area contributed by atoms with Gasteiger partial charge in [0.1, 0.15) is 10.7 Å². The number of amides is 1. The number of hydrogen-bond acceptors (Lipinski definition) is 4. The lowest BCUT2D eigenvalue weighted by molar-refractivity contribution is -0.122. The van der Waals surface area contributed by atoms with E-state index in [9.17, 15) is 17.6 Å². The predicted octanol–water partition coefficient (Wildman–Crippen LogP) is 1.03. The molecule has 0 aromatic heterocycles. The molecule has 2 atom stereocenters. The molecular formula is C15H23ClFN3O3S. The quantitative estimate of drug-likeness (QED) is 0.689. The molecule has 1 fully saturated rings. The Kier molecular flexibility index (Phi) is 8.08. The van der Waals surface area contributed by atoms with Gasteiger partial charge in [-0.1, -0.05) is 12.1 Å². The van der Waals surface area contributed by atoms with E-state index in [0.717, 1.165) is 38.1 Å². The fraction of sp³-hybridized carbons (Fsp3) is 0.533. The Labute approximate surface area is 148 Å². The minimum absolute atomic E-state index is 0. The van der Waals surface area contributed by atoms with Crippen molar-refractivity contribution in [2.75, 3.05) is 19.6 Å². The lowest BCUT2D eigenvalue weighted by Gasteiger charge is -2.23. The lowest BCUT2D eigenvalue weighted by atomic mass is 10.00. The first kappa shape index (κ1) is 20.8. The molecule has 2 unspecified atom stereocenters. The maximum Gasteiger partial charge on any atom is 0.244 e. The van der Waals surface area contributed by atoms with Crippen LogP contribution in [-0.4, -0.2) is 40.0 Å². The number of hydrogen-bond donors (Lipinski definition) is 3. The Balaban J connectivity index is 0.00000288. The van der Waals surface area contributed by atoms with Gasteiger partial charge in [-0.05, 0) is 50.9 Å². The molecule has 0 aliphatic carbocycles. The van der Waals surface area contributed by atoms with Gasteiger partial charge in [0.15, 0.2) is 0 Å². The van der Waals surface area contributed by atoms with Gasteiger partial charge in [-0.2, -0.15) is 4.72 Å². The van der Waals surface area contributed by atoms with Gasteiger partial charge in [-0.15, -0.1) is 12.4 Å². The van der Waals surface area contributed by atoms with Gasteiger partial charge in [0.05, 0.1) is 6.04 Å². The molecule has 6 nitrogen and oxygen atoms in total. The van der Waals surface area contributed by atoms with Crippen LogP contribution in [0.3, 0.4) is 0 Å². The second kappa shape index (κ2) is 9.31. The Bertz CT molecular complexity index is 651. The summed E-state index contributed by atoms with van der Waals surface area (Å²) in [4.78, 5) is 11.6. The summed E-state index contributed by atoms with van der Waals surface area (Å²) in [6, 6.07) is 4.09. The normalized spacial score (nSPS) is 19.2. The van der Waals surface area contributed by atoms with Crippen molar-refractivity contribution >= 4 is 28.3 Å². The zero-order valence-corrected chi connectivity index (χ0v) is 15.1. The van der Waals surface area contributed by atoms with Crippen molar-refractivity contribution in [3.63, 3.8) is 0 Å². The Morgan fingerprint density at radius 2 is 2.12 bits per heavy atom. The molecule has 0 saturated carbocycles. The van der Waals surface area contributed by atoms with E-state index in [1.165, 1.54) is 19.1 Å². The van der Waals surface area contributed by atoms with Gasteiger partial charge in [-0.3, -0.25) is 4.79 Å². The molecule has 1 amide bonds. The number of piperidine rings is 1. The number of benzene rings is 1. The van der Waals surface area contributed by atoms with Crippen LogP contribution in [0, 0.1) is 11.7 Å². The van der Waals surface area contributed by atoms with Crippen LogP contribution >= 0.6 is 12.4 Å². The molecule has 1 heterocycles. The summed E-state index contributed by atoms with van der Waals surface area (Å²) in [6.45, 7) is 3.77. The summed E-state index contributed by atoms with van der Waals surface area (Å²) < 4.78 is 40.1. The Morgan fingerprint density at radius 3 is 2.75 bits per heavy atom. The first-order valence-corrected chi connectivity index (χ1v) is 9.14. The van der Waals surface area contributed by atoms with Crippen LogP contribution in [0.4, 0.5) is 4.39 Å². The number of halogens is 2. The Hall–Kier alpha value is -1.22. The van der Waals surface area contributed by atoms with Crippen LogP contribution < -0.4 is 15.4 Å². The third kappa shape index (κ3) is 5.70. The van der Waals surface area contributed by atoms with Gasteiger partial charge in [0.25, 0.3) is 0 Å². The van der Waals surface area contributed by atoms with E-state index in [1.807, 2.05) is 0 Å². The molecule has 1 aromatic carbocycles. The topological polar surface area (TPSA) is 87.3 Å². The van der Waals surface area contributed by atoms with Crippen molar-refractivity contribution in [3.05, 3.63) is 30.1 Å². The molecule has 0 bridgehead atoms. The number of nitrogens with one attached hydrogen (secondary N) is 3. The monoisotopic (exact) mass is 379 g/mol. The number of rotatable bonds is 6. The number of sulfonamides is 1. The van der Waals surface area contributed by atoms with Crippen LogP contribution in [0.2, 0.25) is 0 Å². The fourth-order valence-corrected chi connectivity index (χ4v) is 3.79. The summed E-state index contributed by atoms with van der Waals surface area (Å²) in [7, 11) is -4.08. The van der Waals surface area contributed by atoms with Crippen molar-refractivity contribution < 1.29 is 17.6 Å². The molecule has 24 heavy (non-hydrogen) atoms. The lowest BCUT2D eigenvalue weighted by Crippen LogP contribution is -2.47. The van der Waals surface area contributed by atoms with Gasteiger partial charge < -0.3 is 10.6 Å². The first-order chi connectivity index (χ1) is 10.9. The van der Waals surface area contributed by atoms with Gasteiger partial charge in [0.2, 0.25) is 15.9 Å². The van der Waals surface area contributed by atoms with E-state index in [0.29, 0.717) is 12.5 Å². The van der Waals surface area contributed by atoms with E-state index in [1.54, 1.807) is 0 Å². The van der Waals surface area contributed by atoms with E-state index >= 15 is 0 Å². The van der Waals surface area contributed by atoms with E-state index < -0.39 is 32.7 Å². The highest BCUT2D eigenvalue weighted by Crippen LogP contribution is 2.13. The highest BCUT2D eigenvalue weighted by atomic mass is 35.5. The third-order valence-electron chi connectivity index (χ3n) is 3.82. The van der Waals surface area contributed by atoms with Crippen LogP contribution in [0.25, 0.3) is 0 Å². The molecular weight excluding hydrogens is 357 g/mol. The molecule has 9 heteroatoms. The smallest absolute Gasteiger partial charge is 0.244 e. The van der Waals surface area contributed by atoms with Gasteiger partial charge in [0, 0.05) is 6.54 Å². The zero-order chi connectivity index (χ0) is 16.9. The van der Waals surface area contributed by atoms with Crippen LogP contribution in [0.1, 0.15) is 19.8 Å². The minimum atomic E-state index is -4.08. The highest BCUT2D eigenvalue weighted by molar-refractivity contribution is 7.89. The molecule has 1 aromatic rings. The molecule has 0 spiro atoms. The van der Waals surface area contributed by atoms with Crippen molar-refractivity contribution in [1.82, 2.24) is 15.4 Å². The average Bonchev–Trinajstić information content (AvgIpc) is 2.53. The maximum absolute atomic E-state index is 13.6. The molecule has 1 saturated heterocycles. The first-order valence-electron chi connectivity index (χ1n) is 7.65. The minimum Gasteiger partial charge on any atom is -0.354 e. The van der Waals surface area contributed by atoms with Crippen molar-refractivity contribution in [2.45, 2.75) is 30.7 Å². The second-order valence-corrected chi connectivity index (χ2v) is 7.41. The van der Waals surface area contributed by atoms with E-state index in [-0.39, 0.29) is 12.4 Å². The summed E-state index contributed by atoms with van der Waals surface area (Å²) in [6.07, 6.45) is 2.10. The summed E-state index contributed by atoms with van der Waals surface area (Å²) in [5.41, 5.74) is 0. The van der Waals surface area contributed by atoms with Crippen LogP contribution in [0.15, 0.2) is 29.2 Å². The molecule has 3 N–H and O–H groups in total. The zero-order valence-electron chi connectivity index (χ0n) is 13.4. The summed E-state index contributed by atoms with van der Waals surface area (Å²) in [5.74, 6) is -0.917. The molecule has 0 radical (unpaired) electrons. The molecule has 1 aliphatic heterocycles. The summed E-state index contributed by atoms with van der Waals surface area (Å²) >= 11 is 0. The number of carbonyl (C=O) groups is 1. The van der Waals surface area contributed by atoms with Crippen molar-refractivity contribution in [3.8, 4) is 0 Å². The van der Waals surface area contributed by atoms with E-state index in [2.05, 4.69) is 15.4 Å². The third-order valence-corrected chi connectivity index (χ3v) is 5.39. The van der Waals surface area contributed by atoms with Crippen LogP contribution in [0.5, 0.6) is 0 Å². The van der Waals surface area contributed by atoms with Crippen LogP contribution in [-0.2, 0) is 14.8 Å². The molecule has 2 rings (SSSR count). The van der Waals surface area contributed by atoms with Crippen molar-refractivity contribution in [1.29, 1.82) is 0 Å². The number of carbonyl (C=O) groups excluding carboxylic acids is 1. The largest absolute Gasteiger partial charge is 0.354 e. The Morgan fingerprint density at radius 1 is 1.42 bits per heavy atom. The molecule has 1 aliphatic rings. The van der Waals surface area contributed by atoms with E-state index in [4.69, 9.17) is 0 Å². The average molecular weight is 380 g/mol. The maximum atomic E-state index is 13.6. The fourth-order valence-electron chi connectivity index (χ4n) is 2.51. The second-order valence-electron chi connectivity index (χ2n) is 5.73. The SMILES string of the molecule is CC(NS(=O)(=O)c1ccccc1F)C(=O)NCC1CCCNC1.Cl.